The van der Waals surface area contributed by atoms with Gasteiger partial charge in [-0.15, -0.1) is 0 Å². The molecule has 7 nitrogen and oxygen atoms in total. The maximum absolute atomic E-state index is 12.6. The molecule has 3 N–H and O–H groups in total. The van der Waals surface area contributed by atoms with Crippen molar-refractivity contribution in [1.29, 1.82) is 0 Å². The Morgan fingerprint density at radius 3 is 2.53 bits per heavy atom. The lowest BCUT2D eigenvalue weighted by atomic mass is 9.48. The number of nitrogens with one attached hydrogen (secondary N) is 1. The molecule has 2 aliphatic heterocycles. The lowest BCUT2D eigenvalue weighted by Crippen LogP contribution is -2.78. The second-order valence-electron chi connectivity index (χ2n) is 14.1. The second-order valence-corrected chi connectivity index (χ2v) is 14.1. The molecule has 0 amide bonds. The molecule has 8 rings (SSSR count). The van der Waals surface area contributed by atoms with Crippen molar-refractivity contribution in [2.45, 2.75) is 93.0 Å². The Hall–Kier alpha value is -3.39. The highest BCUT2D eigenvalue weighted by atomic mass is 16.5. The van der Waals surface area contributed by atoms with Crippen molar-refractivity contribution in [2.24, 2.45) is 5.92 Å². The van der Waals surface area contributed by atoms with Crippen LogP contribution in [-0.4, -0.2) is 70.6 Å². The summed E-state index contributed by atoms with van der Waals surface area (Å²) in [7, 11) is 0. The number of hydrogen-bond donors (Lipinski definition) is 3. The number of phenolic OH excluding ortho intramolecular Hbond substituents is 1. The van der Waals surface area contributed by atoms with E-state index in [1.807, 2.05) is 30.3 Å². The number of ether oxygens (including phenoxy) is 2. The van der Waals surface area contributed by atoms with E-state index in [0.717, 1.165) is 62.2 Å². The Morgan fingerprint density at radius 2 is 1.80 bits per heavy atom. The number of piperidine rings is 1. The largest absolute Gasteiger partial charge is 0.504 e. The number of aliphatic carboxylic acids is 1. The van der Waals surface area contributed by atoms with Crippen LogP contribution in [0.3, 0.4) is 0 Å². The minimum Gasteiger partial charge on any atom is -0.504 e. The van der Waals surface area contributed by atoms with Crippen LogP contribution in [0.15, 0.2) is 72.8 Å². The van der Waals surface area contributed by atoms with E-state index < -0.39 is 17.6 Å². The van der Waals surface area contributed by atoms with Gasteiger partial charge in [-0.1, -0.05) is 66.7 Å². The van der Waals surface area contributed by atoms with Crippen LogP contribution in [-0.2, 0) is 34.2 Å². The molecule has 0 radical (unpaired) electrons. The number of carboxylic acid groups (broad SMARTS) is 1. The average Bonchev–Trinajstić information content (AvgIpc) is 3.80. The summed E-state index contributed by atoms with van der Waals surface area (Å²) in [4.78, 5) is 15.3. The highest BCUT2D eigenvalue weighted by Gasteiger charge is 2.73. The SMILES string of the molecule is O=C(O)[C@H](Cc1ccccc1)N[C@H]1C[C@@H]2Oc3c(O)ccc4c3[C@@]23CCN(CC2CC2)C(C4)[C@]3(OCCCc2ccccc2)C1. The van der Waals surface area contributed by atoms with E-state index in [2.05, 4.69) is 46.6 Å². The Morgan fingerprint density at radius 1 is 1.04 bits per heavy atom. The van der Waals surface area contributed by atoms with E-state index in [-0.39, 0.29) is 29.4 Å². The van der Waals surface area contributed by atoms with Gasteiger partial charge in [-0.25, -0.2) is 0 Å². The first-order chi connectivity index (χ1) is 22.0. The number of aromatic hydroxyl groups is 1. The summed E-state index contributed by atoms with van der Waals surface area (Å²) >= 11 is 0. The lowest BCUT2D eigenvalue weighted by Gasteiger charge is -2.66. The standard InChI is InChI=1S/C38H44N2O5/c41-31-16-15-28-21-32-38(44-19-7-12-25-8-3-1-4-9-25)23-29(39-30(36(42)43)20-26-10-5-2-6-11-26)22-33-37(38,34(28)35(31)45-33)17-18-40(32)24-27-13-14-27/h1-6,8-11,15-16,27,29-30,32-33,39,41H,7,12-14,17-24H2,(H,42,43)/t29-,30-,32?,33-,37+,38+/m0/s1. The van der Waals surface area contributed by atoms with Gasteiger partial charge in [0.25, 0.3) is 0 Å². The molecule has 3 aromatic rings. The van der Waals surface area contributed by atoms with Gasteiger partial charge in [0.2, 0.25) is 0 Å². The Balaban J connectivity index is 1.16. The van der Waals surface area contributed by atoms with Crippen LogP contribution < -0.4 is 10.1 Å². The molecule has 1 spiro atoms. The normalized spacial score (nSPS) is 30.4. The third-order valence-electron chi connectivity index (χ3n) is 11.5. The van der Waals surface area contributed by atoms with Crippen LogP contribution in [0.2, 0.25) is 0 Å². The smallest absolute Gasteiger partial charge is 0.321 e. The summed E-state index contributed by atoms with van der Waals surface area (Å²) in [5.41, 5.74) is 3.82. The maximum atomic E-state index is 12.6. The molecule has 3 aliphatic carbocycles. The van der Waals surface area contributed by atoms with Gasteiger partial charge in [0.05, 0.1) is 11.0 Å². The maximum Gasteiger partial charge on any atom is 0.321 e. The molecule has 236 valence electrons. The quantitative estimate of drug-likeness (QED) is 0.242. The van der Waals surface area contributed by atoms with Crippen LogP contribution in [0, 0.1) is 5.92 Å². The van der Waals surface area contributed by atoms with Crippen molar-refractivity contribution < 1.29 is 24.5 Å². The molecule has 5 aliphatic rings. The van der Waals surface area contributed by atoms with Gasteiger partial charge in [-0.05, 0) is 86.6 Å². The number of carboxylic acids is 1. The summed E-state index contributed by atoms with van der Waals surface area (Å²) in [6, 6.07) is 23.7. The number of rotatable bonds is 12. The van der Waals surface area contributed by atoms with Crippen molar-refractivity contribution in [1.82, 2.24) is 10.2 Å². The molecule has 2 saturated carbocycles. The molecule has 1 saturated heterocycles. The van der Waals surface area contributed by atoms with Crippen LogP contribution in [0.5, 0.6) is 11.5 Å². The third-order valence-corrected chi connectivity index (χ3v) is 11.5. The highest BCUT2D eigenvalue weighted by molar-refractivity contribution is 5.74. The number of carbonyl (C=O) groups is 1. The zero-order valence-corrected chi connectivity index (χ0v) is 25.9. The van der Waals surface area contributed by atoms with Crippen molar-refractivity contribution >= 4 is 5.97 Å². The molecule has 3 aromatic carbocycles. The zero-order valence-electron chi connectivity index (χ0n) is 25.9. The second kappa shape index (κ2) is 11.4. The fourth-order valence-electron chi connectivity index (χ4n) is 9.41. The number of aryl methyl sites for hydroxylation is 1. The number of nitrogens with zero attached hydrogens (tertiary/aromatic N) is 1. The van der Waals surface area contributed by atoms with E-state index in [1.54, 1.807) is 6.07 Å². The fraction of sp³-hybridized carbons (Fsp3) is 0.500. The van der Waals surface area contributed by atoms with Gasteiger partial charge in [-0.3, -0.25) is 9.69 Å². The van der Waals surface area contributed by atoms with Crippen LogP contribution in [0.25, 0.3) is 0 Å². The van der Waals surface area contributed by atoms with Crippen LogP contribution >= 0.6 is 0 Å². The van der Waals surface area contributed by atoms with Crippen molar-refractivity contribution in [3.05, 3.63) is 95.1 Å². The average molecular weight is 609 g/mol. The topological polar surface area (TPSA) is 91.3 Å². The summed E-state index contributed by atoms with van der Waals surface area (Å²) in [5, 5.41) is 25.0. The summed E-state index contributed by atoms with van der Waals surface area (Å²) in [5.74, 6) is 0.739. The first-order valence-electron chi connectivity index (χ1n) is 16.9. The van der Waals surface area contributed by atoms with E-state index in [4.69, 9.17) is 9.47 Å². The first-order valence-corrected chi connectivity index (χ1v) is 16.9. The molecule has 7 heteroatoms. The van der Waals surface area contributed by atoms with Gasteiger partial charge in [0.1, 0.15) is 12.1 Å². The van der Waals surface area contributed by atoms with Crippen LogP contribution in [0.1, 0.15) is 60.8 Å². The van der Waals surface area contributed by atoms with E-state index in [1.165, 1.54) is 24.0 Å². The van der Waals surface area contributed by atoms with Gasteiger partial charge >= 0.3 is 5.97 Å². The summed E-state index contributed by atoms with van der Waals surface area (Å²) < 4.78 is 14.2. The van der Waals surface area contributed by atoms with Gasteiger partial charge < -0.3 is 25.0 Å². The van der Waals surface area contributed by atoms with Gasteiger partial charge in [-0.2, -0.15) is 0 Å². The van der Waals surface area contributed by atoms with Crippen molar-refractivity contribution in [3.8, 4) is 11.5 Å². The lowest BCUT2D eigenvalue weighted by molar-refractivity contribution is -0.221. The molecule has 0 aromatic heterocycles. The van der Waals surface area contributed by atoms with E-state index >= 15 is 0 Å². The molecule has 3 fully saturated rings. The van der Waals surface area contributed by atoms with Crippen LogP contribution in [0.4, 0.5) is 0 Å². The predicted molar refractivity (Wildman–Crippen MR) is 172 cm³/mol. The number of phenols is 1. The summed E-state index contributed by atoms with van der Waals surface area (Å²) in [6.45, 7) is 2.71. The van der Waals surface area contributed by atoms with E-state index in [9.17, 15) is 15.0 Å². The molecular weight excluding hydrogens is 564 g/mol. The predicted octanol–water partition coefficient (Wildman–Crippen LogP) is 5.27. The Kier molecular flexibility index (Phi) is 7.39. The van der Waals surface area contributed by atoms with Crippen molar-refractivity contribution in [2.75, 3.05) is 19.7 Å². The first kappa shape index (κ1) is 29.0. The molecule has 2 heterocycles. The minimum atomic E-state index is -0.841. The highest BCUT2D eigenvalue weighted by Crippen LogP contribution is 2.66. The molecular formula is C38H44N2O5. The zero-order chi connectivity index (χ0) is 30.6. The summed E-state index contributed by atoms with van der Waals surface area (Å²) in [6.07, 6.45) is 7.83. The van der Waals surface area contributed by atoms with E-state index in [0.29, 0.717) is 25.2 Å². The molecule has 1 unspecified atom stereocenters. The monoisotopic (exact) mass is 608 g/mol. The van der Waals surface area contributed by atoms with Gasteiger partial charge in [0, 0.05) is 37.2 Å². The number of benzene rings is 3. The Bertz CT molecular complexity index is 1540. The molecule has 2 bridgehead atoms. The number of likely N-dealkylation sites (tertiary alicyclic amines) is 1. The molecule has 6 atom stereocenters. The Labute approximate surface area is 265 Å². The third kappa shape index (κ3) is 4.95. The minimum absolute atomic E-state index is 0.108. The fourth-order valence-corrected chi connectivity index (χ4v) is 9.41. The van der Waals surface area contributed by atoms with Gasteiger partial charge in [0.15, 0.2) is 11.5 Å². The van der Waals surface area contributed by atoms with Crippen molar-refractivity contribution in [3.63, 3.8) is 0 Å². The molecule has 45 heavy (non-hydrogen) atoms. The number of hydrogen-bond acceptors (Lipinski definition) is 6.